The van der Waals surface area contributed by atoms with Crippen LogP contribution < -0.4 is 5.43 Å². The molecular formula is C21H24N4O3. The molecule has 1 aliphatic carbocycles. The van der Waals surface area contributed by atoms with E-state index in [4.69, 9.17) is 0 Å². The molecule has 0 spiro atoms. The van der Waals surface area contributed by atoms with Crippen molar-refractivity contribution >= 4 is 16.8 Å². The van der Waals surface area contributed by atoms with E-state index in [9.17, 15) is 14.7 Å². The van der Waals surface area contributed by atoms with Gasteiger partial charge in [0.2, 0.25) is 0 Å². The summed E-state index contributed by atoms with van der Waals surface area (Å²) >= 11 is 0. The smallest absolute Gasteiger partial charge is 0.252 e. The van der Waals surface area contributed by atoms with Crippen molar-refractivity contribution in [2.24, 2.45) is 0 Å². The van der Waals surface area contributed by atoms with Crippen LogP contribution >= 0.6 is 0 Å². The third-order valence-corrected chi connectivity index (χ3v) is 5.80. The third kappa shape index (κ3) is 2.91. The zero-order chi connectivity index (χ0) is 19.9. The normalized spacial score (nSPS) is 15.9. The molecule has 146 valence electrons. The number of carbonyl (C=O) groups excluding carboxylic acids is 1. The monoisotopic (exact) mass is 380 g/mol. The van der Waals surface area contributed by atoms with Gasteiger partial charge in [-0.3, -0.25) is 14.3 Å². The summed E-state index contributed by atoms with van der Waals surface area (Å²) < 4.78 is 3.78. The van der Waals surface area contributed by atoms with Crippen molar-refractivity contribution in [2.45, 2.75) is 58.0 Å². The highest BCUT2D eigenvalue weighted by atomic mass is 16.3. The van der Waals surface area contributed by atoms with Gasteiger partial charge in [-0.15, -0.1) is 0 Å². The quantitative estimate of drug-likeness (QED) is 0.687. The maximum Gasteiger partial charge on any atom is 0.252 e. The number of aromatic hydroxyl groups is 1. The van der Waals surface area contributed by atoms with Gasteiger partial charge < -0.3 is 9.67 Å². The molecule has 0 atom stereocenters. The van der Waals surface area contributed by atoms with Crippen molar-refractivity contribution in [3.8, 4) is 5.75 Å². The Hall–Kier alpha value is -2.96. The number of Topliss-reactive ketones (excluding diaryl/α,β-unsaturated/α-hetero) is 1. The fraction of sp³-hybridized carbons (Fsp3) is 0.429. The lowest BCUT2D eigenvalue weighted by Crippen LogP contribution is -2.36. The fourth-order valence-electron chi connectivity index (χ4n) is 4.35. The second-order valence-corrected chi connectivity index (χ2v) is 7.65. The second kappa shape index (κ2) is 6.89. The van der Waals surface area contributed by atoms with Crippen molar-refractivity contribution < 1.29 is 9.90 Å². The zero-order valence-corrected chi connectivity index (χ0v) is 16.2. The number of hydrogen-bond acceptors (Lipinski definition) is 5. The Morgan fingerprint density at radius 1 is 1.29 bits per heavy atom. The minimum absolute atomic E-state index is 0.169. The zero-order valence-electron chi connectivity index (χ0n) is 16.2. The molecular weight excluding hydrogens is 356 g/mol. The number of carbonyl (C=O) groups is 1. The first-order valence-electron chi connectivity index (χ1n) is 9.72. The number of aryl methyl sites for hydroxylation is 1. The van der Waals surface area contributed by atoms with Gasteiger partial charge in [-0.2, -0.15) is 5.10 Å². The highest BCUT2D eigenvalue weighted by Crippen LogP contribution is 2.40. The van der Waals surface area contributed by atoms with Gasteiger partial charge in [0.05, 0.1) is 18.3 Å². The van der Waals surface area contributed by atoms with Crippen LogP contribution in [0.25, 0.3) is 11.0 Å². The summed E-state index contributed by atoms with van der Waals surface area (Å²) in [6, 6.07) is 4.00. The van der Waals surface area contributed by atoms with E-state index >= 15 is 0 Å². The van der Waals surface area contributed by atoms with Crippen LogP contribution in [-0.4, -0.2) is 30.2 Å². The summed E-state index contributed by atoms with van der Waals surface area (Å²) in [7, 11) is 0. The van der Waals surface area contributed by atoms with E-state index in [2.05, 4.69) is 33.8 Å². The topological polar surface area (TPSA) is 90.0 Å². The number of aromatic nitrogens is 4. The summed E-state index contributed by atoms with van der Waals surface area (Å²) in [6.07, 6.45) is 9.47. The Balaban J connectivity index is 1.83. The minimum Gasteiger partial charge on any atom is -0.503 e. The van der Waals surface area contributed by atoms with Crippen LogP contribution in [0.5, 0.6) is 5.75 Å². The lowest BCUT2D eigenvalue weighted by Gasteiger charge is -2.32. The lowest BCUT2D eigenvalue weighted by molar-refractivity contribution is 0.0977. The van der Waals surface area contributed by atoms with E-state index in [1.807, 2.05) is 6.07 Å². The van der Waals surface area contributed by atoms with Crippen LogP contribution in [0.1, 0.15) is 55.1 Å². The van der Waals surface area contributed by atoms with Gasteiger partial charge >= 0.3 is 0 Å². The standard InChI is InChI=1S/C21H24N4O3/c1-3-16(26)18-19(28)17(27)12-24(23-18)13-21(8-4-5-9-21)25-11-14(2)15-7-6-10-22-20(15)25/h6-7,10-12,27H,3-5,8-9,13H2,1-2H3. The lowest BCUT2D eigenvalue weighted by atomic mass is 9.97. The Morgan fingerprint density at radius 3 is 2.75 bits per heavy atom. The Labute approximate surface area is 162 Å². The van der Waals surface area contributed by atoms with Gasteiger partial charge in [-0.1, -0.05) is 19.8 Å². The van der Waals surface area contributed by atoms with E-state index in [1.54, 1.807) is 17.8 Å². The molecule has 28 heavy (non-hydrogen) atoms. The Morgan fingerprint density at radius 2 is 2.04 bits per heavy atom. The molecule has 1 fully saturated rings. The molecule has 0 bridgehead atoms. The number of rotatable bonds is 5. The van der Waals surface area contributed by atoms with Crippen molar-refractivity contribution in [1.29, 1.82) is 0 Å². The van der Waals surface area contributed by atoms with Gasteiger partial charge in [-0.05, 0) is 37.5 Å². The van der Waals surface area contributed by atoms with Crippen molar-refractivity contribution in [3.05, 3.63) is 52.2 Å². The molecule has 0 amide bonds. The number of hydrogen-bond donors (Lipinski definition) is 1. The molecule has 3 aromatic heterocycles. The molecule has 7 nitrogen and oxygen atoms in total. The summed E-state index contributed by atoms with van der Waals surface area (Å²) in [6.45, 7) is 4.21. The van der Waals surface area contributed by atoms with Gasteiger partial charge in [0.1, 0.15) is 5.65 Å². The highest BCUT2D eigenvalue weighted by Gasteiger charge is 2.38. The first-order chi connectivity index (χ1) is 13.4. The van der Waals surface area contributed by atoms with E-state index < -0.39 is 11.2 Å². The average Bonchev–Trinajstić information content (AvgIpc) is 3.30. The van der Waals surface area contributed by atoms with Crippen LogP contribution in [0.2, 0.25) is 0 Å². The Bertz CT molecular complexity index is 1110. The maximum atomic E-state index is 12.1. The maximum absolute atomic E-state index is 12.1. The molecule has 0 aliphatic heterocycles. The first-order valence-corrected chi connectivity index (χ1v) is 9.72. The number of pyridine rings is 1. The van der Waals surface area contributed by atoms with Crippen molar-refractivity contribution in [1.82, 2.24) is 19.3 Å². The summed E-state index contributed by atoms with van der Waals surface area (Å²) in [5.74, 6) is -0.800. The largest absolute Gasteiger partial charge is 0.503 e. The molecule has 4 rings (SSSR count). The van der Waals surface area contributed by atoms with Crippen LogP contribution in [0.3, 0.4) is 0 Å². The van der Waals surface area contributed by atoms with Crippen LogP contribution in [0, 0.1) is 6.92 Å². The second-order valence-electron chi connectivity index (χ2n) is 7.65. The molecule has 3 aromatic rings. The minimum atomic E-state index is -0.701. The molecule has 1 N–H and O–H groups in total. The third-order valence-electron chi connectivity index (χ3n) is 5.80. The molecule has 1 saturated carbocycles. The number of ketones is 1. The highest BCUT2D eigenvalue weighted by molar-refractivity contribution is 5.94. The predicted molar refractivity (Wildman–Crippen MR) is 106 cm³/mol. The van der Waals surface area contributed by atoms with E-state index in [0.717, 1.165) is 42.3 Å². The SMILES string of the molecule is CCC(=O)c1nn(CC2(n3cc(C)c4cccnc43)CCCC2)cc(O)c1=O. The number of nitrogens with zero attached hydrogens (tertiary/aromatic N) is 4. The van der Waals surface area contributed by atoms with Gasteiger partial charge in [0.15, 0.2) is 17.2 Å². The van der Waals surface area contributed by atoms with Crippen LogP contribution in [0.4, 0.5) is 0 Å². The predicted octanol–water partition coefficient (Wildman–Crippen LogP) is 3.17. The molecule has 7 heteroatoms. The van der Waals surface area contributed by atoms with Gasteiger partial charge in [-0.25, -0.2) is 4.98 Å². The van der Waals surface area contributed by atoms with E-state index in [1.165, 1.54) is 6.20 Å². The molecule has 0 saturated heterocycles. The van der Waals surface area contributed by atoms with Gasteiger partial charge in [0.25, 0.3) is 5.43 Å². The van der Waals surface area contributed by atoms with Crippen molar-refractivity contribution in [2.75, 3.05) is 0 Å². The van der Waals surface area contributed by atoms with E-state index in [-0.39, 0.29) is 23.4 Å². The molecule has 1 aliphatic rings. The Kier molecular flexibility index (Phi) is 4.53. The summed E-state index contributed by atoms with van der Waals surface area (Å²) in [5, 5.41) is 15.5. The van der Waals surface area contributed by atoms with Crippen LogP contribution in [-0.2, 0) is 12.1 Å². The summed E-state index contributed by atoms with van der Waals surface area (Å²) in [5.41, 5.74) is 0.931. The van der Waals surface area contributed by atoms with Crippen LogP contribution in [0.15, 0.2) is 35.5 Å². The molecule has 0 aromatic carbocycles. The van der Waals surface area contributed by atoms with Crippen molar-refractivity contribution in [3.63, 3.8) is 0 Å². The molecule has 0 radical (unpaired) electrons. The number of fused-ring (bicyclic) bond motifs is 1. The van der Waals surface area contributed by atoms with E-state index in [0.29, 0.717) is 6.54 Å². The first kappa shape index (κ1) is 18.4. The average molecular weight is 380 g/mol. The van der Waals surface area contributed by atoms with Gasteiger partial charge in [0, 0.05) is 24.2 Å². The molecule has 0 unspecified atom stereocenters. The summed E-state index contributed by atoms with van der Waals surface area (Å²) in [4.78, 5) is 28.8. The molecule has 3 heterocycles. The fourth-order valence-corrected chi connectivity index (χ4v) is 4.35.